The van der Waals surface area contributed by atoms with Crippen molar-refractivity contribution in [3.63, 3.8) is 0 Å². The summed E-state index contributed by atoms with van der Waals surface area (Å²) in [5.41, 5.74) is 0. The van der Waals surface area contributed by atoms with Crippen molar-refractivity contribution >= 4 is 0 Å². The van der Waals surface area contributed by atoms with Gasteiger partial charge in [-0.05, 0) is 18.3 Å². The van der Waals surface area contributed by atoms with E-state index in [1.54, 1.807) is 0 Å². The molecule has 10 heavy (non-hydrogen) atoms. The molecular weight excluding hydrogens is 124 g/mol. The average molecular weight is 144 g/mol. The summed E-state index contributed by atoms with van der Waals surface area (Å²) in [6, 6.07) is 0. The molecule has 0 rings (SSSR count). The van der Waals surface area contributed by atoms with E-state index >= 15 is 0 Å². The Balaban J connectivity index is 3.50. The van der Waals surface area contributed by atoms with Crippen molar-refractivity contribution in [2.75, 3.05) is 0 Å². The normalized spacial score (nSPS) is 17.4. The molecule has 0 unspecified atom stereocenters. The van der Waals surface area contributed by atoms with Gasteiger partial charge in [-0.3, -0.25) is 0 Å². The lowest BCUT2D eigenvalue weighted by Gasteiger charge is -2.18. The zero-order chi connectivity index (χ0) is 8.15. The van der Waals surface area contributed by atoms with Crippen LogP contribution in [0.5, 0.6) is 0 Å². The van der Waals surface area contributed by atoms with Crippen LogP contribution in [-0.4, -0.2) is 11.2 Å². The molecule has 1 N–H and O–H groups in total. The fourth-order valence-corrected chi connectivity index (χ4v) is 0.987. The molecule has 0 amide bonds. The SMILES string of the molecule is CC[C@@H](C)[C@H](O)CC(C)C. The number of hydrogen-bond donors (Lipinski definition) is 1. The summed E-state index contributed by atoms with van der Waals surface area (Å²) in [5.74, 6) is 1.08. The molecule has 0 aromatic carbocycles. The number of aliphatic hydroxyl groups excluding tert-OH is 1. The van der Waals surface area contributed by atoms with Crippen molar-refractivity contribution in [3.05, 3.63) is 0 Å². The van der Waals surface area contributed by atoms with Crippen molar-refractivity contribution in [1.82, 2.24) is 0 Å². The Hall–Kier alpha value is -0.0400. The van der Waals surface area contributed by atoms with Crippen LogP contribution in [0.25, 0.3) is 0 Å². The molecule has 0 heterocycles. The molecular formula is C9H20O. The summed E-state index contributed by atoms with van der Waals surface area (Å²) in [6.45, 7) is 8.51. The summed E-state index contributed by atoms with van der Waals surface area (Å²) in [5, 5.41) is 9.49. The van der Waals surface area contributed by atoms with Crippen molar-refractivity contribution in [3.8, 4) is 0 Å². The third kappa shape index (κ3) is 3.89. The number of aliphatic hydroxyl groups is 1. The van der Waals surface area contributed by atoms with Crippen LogP contribution in [-0.2, 0) is 0 Å². The van der Waals surface area contributed by atoms with Gasteiger partial charge < -0.3 is 5.11 Å². The Morgan fingerprint density at radius 3 is 2.00 bits per heavy atom. The molecule has 0 aliphatic rings. The Bertz CT molecular complexity index is 78.8. The van der Waals surface area contributed by atoms with Gasteiger partial charge in [0.15, 0.2) is 0 Å². The highest BCUT2D eigenvalue weighted by atomic mass is 16.3. The molecule has 0 saturated heterocycles. The second-order valence-electron chi connectivity index (χ2n) is 3.58. The Kier molecular flexibility index (Phi) is 4.71. The number of hydrogen-bond acceptors (Lipinski definition) is 1. The van der Waals surface area contributed by atoms with E-state index in [-0.39, 0.29) is 6.10 Å². The molecule has 0 aromatic rings. The van der Waals surface area contributed by atoms with Gasteiger partial charge >= 0.3 is 0 Å². The van der Waals surface area contributed by atoms with Gasteiger partial charge in [-0.15, -0.1) is 0 Å². The maximum atomic E-state index is 9.49. The van der Waals surface area contributed by atoms with Crippen LogP contribution in [0.2, 0.25) is 0 Å². The van der Waals surface area contributed by atoms with Crippen LogP contribution < -0.4 is 0 Å². The Labute approximate surface area is 64.5 Å². The minimum Gasteiger partial charge on any atom is -0.393 e. The first-order valence-electron chi connectivity index (χ1n) is 4.26. The van der Waals surface area contributed by atoms with E-state index in [0.717, 1.165) is 12.8 Å². The maximum absolute atomic E-state index is 9.49. The maximum Gasteiger partial charge on any atom is 0.0568 e. The molecule has 0 spiro atoms. The van der Waals surface area contributed by atoms with Crippen LogP contribution in [0.1, 0.15) is 40.5 Å². The summed E-state index contributed by atoms with van der Waals surface area (Å²) < 4.78 is 0. The van der Waals surface area contributed by atoms with Crippen LogP contribution in [0, 0.1) is 11.8 Å². The first-order chi connectivity index (χ1) is 4.57. The predicted molar refractivity (Wildman–Crippen MR) is 44.9 cm³/mol. The lowest BCUT2D eigenvalue weighted by Crippen LogP contribution is -2.18. The minimum absolute atomic E-state index is 0.0926. The fraction of sp³-hybridized carbons (Fsp3) is 1.00. The first kappa shape index (κ1) is 9.96. The summed E-state index contributed by atoms with van der Waals surface area (Å²) >= 11 is 0. The molecule has 0 aliphatic carbocycles. The third-order valence-electron chi connectivity index (χ3n) is 2.01. The lowest BCUT2D eigenvalue weighted by atomic mass is 9.94. The monoisotopic (exact) mass is 144 g/mol. The van der Waals surface area contributed by atoms with E-state index in [2.05, 4.69) is 27.7 Å². The van der Waals surface area contributed by atoms with Gasteiger partial charge in [-0.25, -0.2) is 0 Å². The van der Waals surface area contributed by atoms with E-state index in [1.165, 1.54) is 0 Å². The molecule has 0 radical (unpaired) electrons. The second kappa shape index (κ2) is 4.73. The first-order valence-corrected chi connectivity index (χ1v) is 4.26. The average Bonchev–Trinajstić information content (AvgIpc) is 1.85. The summed E-state index contributed by atoms with van der Waals surface area (Å²) in [7, 11) is 0. The van der Waals surface area contributed by atoms with Gasteiger partial charge in [0.25, 0.3) is 0 Å². The molecule has 62 valence electrons. The highest BCUT2D eigenvalue weighted by molar-refractivity contribution is 4.64. The largest absolute Gasteiger partial charge is 0.393 e. The highest BCUT2D eigenvalue weighted by Crippen LogP contribution is 2.14. The topological polar surface area (TPSA) is 20.2 Å². The smallest absolute Gasteiger partial charge is 0.0568 e. The van der Waals surface area contributed by atoms with Gasteiger partial charge in [0, 0.05) is 0 Å². The summed E-state index contributed by atoms with van der Waals surface area (Å²) in [6.07, 6.45) is 1.92. The molecule has 0 aliphatic heterocycles. The Morgan fingerprint density at radius 2 is 1.70 bits per heavy atom. The van der Waals surface area contributed by atoms with Gasteiger partial charge in [0.05, 0.1) is 6.10 Å². The van der Waals surface area contributed by atoms with Gasteiger partial charge in [0.1, 0.15) is 0 Å². The van der Waals surface area contributed by atoms with Crippen LogP contribution in [0.4, 0.5) is 0 Å². The van der Waals surface area contributed by atoms with Crippen LogP contribution in [0.3, 0.4) is 0 Å². The van der Waals surface area contributed by atoms with Crippen molar-refractivity contribution in [2.24, 2.45) is 11.8 Å². The molecule has 1 nitrogen and oxygen atoms in total. The predicted octanol–water partition coefficient (Wildman–Crippen LogP) is 2.44. The van der Waals surface area contributed by atoms with Crippen LogP contribution in [0.15, 0.2) is 0 Å². The van der Waals surface area contributed by atoms with Crippen molar-refractivity contribution < 1.29 is 5.11 Å². The second-order valence-corrected chi connectivity index (χ2v) is 3.58. The third-order valence-corrected chi connectivity index (χ3v) is 2.01. The summed E-state index contributed by atoms with van der Waals surface area (Å²) in [4.78, 5) is 0. The van der Waals surface area contributed by atoms with Gasteiger partial charge in [-0.2, -0.15) is 0 Å². The van der Waals surface area contributed by atoms with Crippen LogP contribution >= 0.6 is 0 Å². The molecule has 1 heteroatoms. The van der Waals surface area contributed by atoms with Gasteiger partial charge in [0.2, 0.25) is 0 Å². The van der Waals surface area contributed by atoms with Gasteiger partial charge in [-0.1, -0.05) is 34.1 Å². The van der Waals surface area contributed by atoms with E-state index < -0.39 is 0 Å². The Morgan fingerprint density at radius 1 is 1.20 bits per heavy atom. The lowest BCUT2D eigenvalue weighted by molar-refractivity contribution is 0.0928. The molecule has 2 atom stereocenters. The molecule has 0 saturated carbocycles. The zero-order valence-corrected chi connectivity index (χ0v) is 7.59. The molecule has 0 fully saturated rings. The van der Waals surface area contributed by atoms with Crippen molar-refractivity contribution in [1.29, 1.82) is 0 Å². The fourth-order valence-electron chi connectivity index (χ4n) is 0.987. The van der Waals surface area contributed by atoms with E-state index in [0.29, 0.717) is 11.8 Å². The quantitative estimate of drug-likeness (QED) is 0.642. The van der Waals surface area contributed by atoms with E-state index in [4.69, 9.17) is 0 Å². The molecule has 0 aromatic heterocycles. The highest BCUT2D eigenvalue weighted by Gasteiger charge is 2.12. The van der Waals surface area contributed by atoms with E-state index in [1.807, 2.05) is 0 Å². The standard InChI is InChI=1S/C9H20O/c1-5-8(4)9(10)6-7(2)3/h7-10H,5-6H2,1-4H3/t8-,9-/m1/s1. The van der Waals surface area contributed by atoms with E-state index in [9.17, 15) is 5.11 Å². The van der Waals surface area contributed by atoms with Crippen molar-refractivity contribution in [2.45, 2.75) is 46.6 Å². The zero-order valence-electron chi connectivity index (χ0n) is 7.59. The minimum atomic E-state index is -0.0926. The number of rotatable bonds is 4. The molecule has 0 bridgehead atoms.